The molecular weight excluding hydrogens is 109 g/mol. The molecule has 0 fully saturated rings. The third-order valence-electron chi connectivity index (χ3n) is 0.686. The predicted octanol–water partition coefficient (Wildman–Crippen LogP) is 0.514. The molecule has 0 aliphatic carbocycles. The van der Waals surface area contributed by atoms with E-state index >= 15 is 0 Å². The second-order valence-corrected chi connectivity index (χ2v) is 1.30. The normalized spacial score (nSPS) is 10.9. The maximum atomic E-state index is 12.1. The summed E-state index contributed by atoms with van der Waals surface area (Å²) in [5, 5.41) is 0. The maximum absolute atomic E-state index is 12.1. The number of halogens is 1. The summed E-state index contributed by atoms with van der Waals surface area (Å²) in [6.07, 6.45) is -0.470. The van der Waals surface area contributed by atoms with E-state index in [9.17, 15) is 9.18 Å². The molecule has 2 nitrogen and oxygen atoms in total. The lowest BCUT2D eigenvalue weighted by Gasteiger charge is -1.80. The molecule has 0 unspecified atom stereocenters. The van der Waals surface area contributed by atoms with Crippen molar-refractivity contribution in [2.75, 3.05) is 0 Å². The van der Waals surface area contributed by atoms with Crippen molar-refractivity contribution in [3.05, 3.63) is 34.5 Å². The first-order valence-electron chi connectivity index (χ1n) is 2.55. The van der Waals surface area contributed by atoms with E-state index in [2.05, 4.69) is 0 Å². The molecule has 0 bridgehead atoms. The lowest BCUT2D eigenvalue weighted by Crippen LogP contribution is -2.01. The fourth-order valence-corrected chi connectivity index (χ4v) is 0.353. The molecule has 0 spiro atoms. The Morgan fingerprint density at radius 3 is 3.00 bits per heavy atom. The smallest absolute Gasteiger partial charge is 0.248 e. The van der Waals surface area contributed by atoms with E-state index in [1.54, 1.807) is 0 Å². The molecule has 0 saturated heterocycles. The van der Waals surface area contributed by atoms with Crippen LogP contribution in [-0.2, 0) is 0 Å². The van der Waals surface area contributed by atoms with Gasteiger partial charge in [0.15, 0.2) is 0 Å². The standard InChI is InChI=1S/C5H4FNO/c6-4-1-2-5(8)7-3-4/h1-3H,(H,7,8)/i3D. The number of aromatic amines is 1. The second-order valence-electron chi connectivity index (χ2n) is 1.30. The molecule has 1 heterocycles. The highest BCUT2D eigenvalue weighted by Crippen LogP contribution is 1.84. The van der Waals surface area contributed by atoms with E-state index in [1.807, 2.05) is 4.98 Å². The van der Waals surface area contributed by atoms with Crippen molar-refractivity contribution in [1.29, 1.82) is 0 Å². The largest absolute Gasteiger partial charge is 0.326 e. The molecule has 1 aromatic heterocycles. The Hall–Kier alpha value is -1.12. The molecule has 0 saturated carbocycles. The van der Waals surface area contributed by atoms with Gasteiger partial charge in [0.25, 0.3) is 0 Å². The number of H-pyrrole nitrogens is 1. The number of hydrogen-bond donors (Lipinski definition) is 1. The van der Waals surface area contributed by atoms with E-state index in [-0.39, 0.29) is 0 Å². The van der Waals surface area contributed by atoms with Crippen LogP contribution in [0, 0.1) is 5.82 Å². The lowest BCUT2D eigenvalue weighted by molar-refractivity contribution is 0.620. The van der Waals surface area contributed by atoms with E-state index in [0.29, 0.717) is 0 Å². The van der Waals surface area contributed by atoms with E-state index in [1.165, 1.54) is 0 Å². The van der Waals surface area contributed by atoms with Crippen LogP contribution in [0.1, 0.15) is 1.37 Å². The van der Waals surface area contributed by atoms with Gasteiger partial charge in [-0.3, -0.25) is 4.79 Å². The molecule has 8 heavy (non-hydrogen) atoms. The zero-order chi connectivity index (χ0) is 6.85. The summed E-state index contributed by atoms with van der Waals surface area (Å²) in [6.45, 7) is 0. The first-order chi connectivity index (χ1) is 4.20. The Balaban J connectivity index is 3.34. The van der Waals surface area contributed by atoms with Gasteiger partial charge in [0.05, 0.1) is 1.37 Å². The average molecular weight is 114 g/mol. The van der Waals surface area contributed by atoms with Crippen molar-refractivity contribution in [2.24, 2.45) is 0 Å². The highest BCUT2D eigenvalue weighted by atomic mass is 19.1. The molecule has 42 valence electrons. The van der Waals surface area contributed by atoms with Crippen LogP contribution in [0.2, 0.25) is 0 Å². The topological polar surface area (TPSA) is 32.9 Å². The molecule has 0 aromatic carbocycles. The van der Waals surface area contributed by atoms with Crippen LogP contribution in [0.4, 0.5) is 4.39 Å². The quantitative estimate of drug-likeness (QED) is 0.523. The summed E-state index contributed by atoms with van der Waals surface area (Å²) in [4.78, 5) is 12.3. The van der Waals surface area contributed by atoms with E-state index in [4.69, 9.17) is 1.37 Å². The van der Waals surface area contributed by atoms with Gasteiger partial charge < -0.3 is 4.98 Å². The summed E-state index contributed by atoms with van der Waals surface area (Å²) in [5.41, 5.74) is -0.457. The molecule has 0 aliphatic heterocycles. The highest BCUT2D eigenvalue weighted by Gasteiger charge is 1.83. The minimum absolute atomic E-state index is 0.457. The summed E-state index contributed by atoms with van der Waals surface area (Å²) < 4.78 is 18.9. The van der Waals surface area contributed by atoms with Gasteiger partial charge in [-0.1, -0.05) is 0 Å². The zero-order valence-corrected chi connectivity index (χ0v) is 3.94. The first-order valence-corrected chi connectivity index (χ1v) is 2.05. The lowest BCUT2D eigenvalue weighted by atomic mass is 10.5. The van der Waals surface area contributed by atoms with Gasteiger partial charge in [0.2, 0.25) is 5.56 Å². The molecule has 3 heteroatoms. The summed E-state index contributed by atoms with van der Waals surface area (Å²) in [5.74, 6) is -0.713. The van der Waals surface area contributed by atoms with Crippen LogP contribution >= 0.6 is 0 Å². The fourth-order valence-electron chi connectivity index (χ4n) is 0.353. The van der Waals surface area contributed by atoms with Gasteiger partial charge in [-0.2, -0.15) is 0 Å². The van der Waals surface area contributed by atoms with Crippen molar-refractivity contribution >= 4 is 0 Å². The number of pyridine rings is 1. The van der Waals surface area contributed by atoms with Crippen molar-refractivity contribution in [3.8, 4) is 0 Å². The van der Waals surface area contributed by atoms with Crippen molar-refractivity contribution in [1.82, 2.24) is 4.98 Å². The molecule has 1 N–H and O–H groups in total. The molecule has 0 radical (unpaired) electrons. The van der Waals surface area contributed by atoms with Gasteiger partial charge in [-0.05, 0) is 6.07 Å². The molecule has 1 aromatic rings. The van der Waals surface area contributed by atoms with E-state index < -0.39 is 17.5 Å². The first kappa shape index (κ1) is 3.83. The average Bonchev–Trinajstić information content (AvgIpc) is 1.80. The SMILES string of the molecule is [2H]c1[nH]c(=O)ccc1F. The third-order valence-corrected chi connectivity index (χ3v) is 0.686. The van der Waals surface area contributed by atoms with Crippen LogP contribution < -0.4 is 5.56 Å². The Bertz CT molecular complexity index is 270. The zero-order valence-electron chi connectivity index (χ0n) is 4.94. The van der Waals surface area contributed by atoms with Gasteiger partial charge in [0.1, 0.15) is 5.82 Å². The molecule has 0 amide bonds. The predicted molar refractivity (Wildman–Crippen MR) is 27.0 cm³/mol. The molecule has 0 aliphatic rings. The second kappa shape index (κ2) is 1.78. The maximum Gasteiger partial charge on any atom is 0.248 e. The van der Waals surface area contributed by atoms with Crippen molar-refractivity contribution in [2.45, 2.75) is 0 Å². The van der Waals surface area contributed by atoms with Crippen LogP contribution in [0.25, 0.3) is 0 Å². The summed E-state index contributed by atoms with van der Waals surface area (Å²) in [7, 11) is 0. The Morgan fingerprint density at radius 2 is 2.50 bits per heavy atom. The third kappa shape index (κ3) is 0.932. The minimum atomic E-state index is -0.713. The van der Waals surface area contributed by atoms with Crippen LogP contribution in [0.3, 0.4) is 0 Å². The van der Waals surface area contributed by atoms with Gasteiger partial charge in [-0.25, -0.2) is 4.39 Å². The fraction of sp³-hybridized carbons (Fsp3) is 0. The monoisotopic (exact) mass is 114 g/mol. The van der Waals surface area contributed by atoms with Crippen LogP contribution in [-0.4, -0.2) is 4.98 Å². The van der Waals surface area contributed by atoms with Crippen LogP contribution in [0.5, 0.6) is 0 Å². The number of hydrogen-bond acceptors (Lipinski definition) is 1. The van der Waals surface area contributed by atoms with E-state index in [0.717, 1.165) is 12.1 Å². The Labute approximate surface area is 46.4 Å². The van der Waals surface area contributed by atoms with Crippen molar-refractivity contribution < 1.29 is 5.76 Å². The van der Waals surface area contributed by atoms with Gasteiger partial charge >= 0.3 is 0 Å². The van der Waals surface area contributed by atoms with Gasteiger partial charge in [-0.15, -0.1) is 0 Å². The van der Waals surface area contributed by atoms with Crippen LogP contribution in [0.15, 0.2) is 23.1 Å². The van der Waals surface area contributed by atoms with Gasteiger partial charge in [0, 0.05) is 12.2 Å². The highest BCUT2D eigenvalue weighted by molar-refractivity contribution is 4.93. The van der Waals surface area contributed by atoms with Crippen molar-refractivity contribution in [3.63, 3.8) is 0 Å². The summed E-state index contributed by atoms with van der Waals surface area (Å²) in [6, 6.07) is 1.99. The Morgan fingerprint density at radius 1 is 1.75 bits per heavy atom. The number of nitrogens with one attached hydrogen (secondary N) is 1. The number of aromatic nitrogens is 1. The molecule has 1 rings (SSSR count). The summed E-state index contributed by atoms with van der Waals surface area (Å²) >= 11 is 0. The minimum Gasteiger partial charge on any atom is -0.326 e. The molecular formula is C5H4FNO. The molecule has 0 atom stereocenters. The number of rotatable bonds is 0. The Kier molecular flexibility index (Phi) is 0.850.